The summed E-state index contributed by atoms with van der Waals surface area (Å²) in [7, 11) is 1.32. The minimum Gasteiger partial charge on any atom is -0.483 e. The number of benzene rings is 1. The summed E-state index contributed by atoms with van der Waals surface area (Å²) in [5.74, 6) is -0.449. The number of esters is 1. The van der Waals surface area contributed by atoms with Crippen LogP contribution in [0.2, 0.25) is 0 Å². The molecule has 0 bridgehead atoms. The Bertz CT molecular complexity index is 1080. The molecule has 2 aromatic rings. The van der Waals surface area contributed by atoms with Crippen LogP contribution < -0.4 is 4.90 Å². The normalized spacial score (nSPS) is 25.1. The number of pyridine rings is 1. The van der Waals surface area contributed by atoms with E-state index in [0.717, 1.165) is 25.7 Å². The number of aromatic nitrogens is 1. The number of hydrogen-bond donors (Lipinski definition) is 0. The Morgan fingerprint density at radius 1 is 1.10 bits per heavy atom. The number of amides is 1. The Balaban J connectivity index is 1.62. The van der Waals surface area contributed by atoms with Crippen molar-refractivity contribution in [2.45, 2.75) is 37.8 Å². The van der Waals surface area contributed by atoms with Gasteiger partial charge in [-0.2, -0.15) is 0 Å². The molecular weight excluding hydrogens is 396 g/mol. The first-order chi connectivity index (χ1) is 15.1. The average Bonchev–Trinajstić information content (AvgIpc) is 3.12. The number of anilines is 1. The lowest BCUT2D eigenvalue weighted by atomic mass is 9.77. The summed E-state index contributed by atoms with van der Waals surface area (Å²) in [6.07, 6.45) is 4.90. The molecule has 0 radical (unpaired) electrons. The molecule has 3 heterocycles. The molecule has 5 rings (SSSR count). The van der Waals surface area contributed by atoms with Crippen molar-refractivity contribution in [3.63, 3.8) is 0 Å². The van der Waals surface area contributed by atoms with Gasteiger partial charge in [0.15, 0.2) is 11.5 Å². The fourth-order valence-electron chi connectivity index (χ4n) is 4.81. The van der Waals surface area contributed by atoms with Crippen LogP contribution in [0.4, 0.5) is 5.82 Å². The fraction of sp³-hybridized carbons (Fsp3) is 0.333. The molecule has 31 heavy (non-hydrogen) atoms. The highest BCUT2D eigenvalue weighted by Gasteiger charge is 2.52. The van der Waals surface area contributed by atoms with Crippen LogP contribution in [0.15, 0.2) is 60.0 Å². The Hall–Kier alpha value is -3.48. The van der Waals surface area contributed by atoms with E-state index in [4.69, 9.17) is 9.47 Å². The third kappa shape index (κ3) is 3.12. The molecule has 1 saturated carbocycles. The van der Waals surface area contributed by atoms with Crippen molar-refractivity contribution >= 4 is 23.5 Å². The van der Waals surface area contributed by atoms with E-state index in [1.54, 1.807) is 48.7 Å². The number of ether oxygens (including phenoxy) is 2. The highest BCUT2D eigenvalue weighted by molar-refractivity contribution is 6.17. The Kier molecular flexibility index (Phi) is 4.81. The van der Waals surface area contributed by atoms with Gasteiger partial charge in [0.1, 0.15) is 11.9 Å². The van der Waals surface area contributed by atoms with Gasteiger partial charge in [-0.1, -0.05) is 24.6 Å². The molecule has 1 aromatic heterocycles. The van der Waals surface area contributed by atoms with Gasteiger partial charge in [-0.15, -0.1) is 0 Å². The highest BCUT2D eigenvalue weighted by atomic mass is 16.5. The van der Waals surface area contributed by atoms with Crippen molar-refractivity contribution in [2.75, 3.05) is 12.0 Å². The van der Waals surface area contributed by atoms with Crippen molar-refractivity contribution < 1.29 is 23.9 Å². The summed E-state index contributed by atoms with van der Waals surface area (Å²) in [4.78, 5) is 44.7. The number of Topliss-reactive ketones (excluding diaryl/α,β-unsaturated/α-hetero) is 1. The van der Waals surface area contributed by atoms with E-state index in [1.807, 2.05) is 0 Å². The Morgan fingerprint density at radius 2 is 1.87 bits per heavy atom. The van der Waals surface area contributed by atoms with Gasteiger partial charge in [-0.05, 0) is 49.1 Å². The van der Waals surface area contributed by atoms with Crippen LogP contribution in [0.3, 0.4) is 0 Å². The molecule has 158 valence electrons. The second-order valence-electron chi connectivity index (χ2n) is 8.03. The molecular formula is C24H22N2O5. The third-order valence-corrected chi connectivity index (χ3v) is 6.31. The summed E-state index contributed by atoms with van der Waals surface area (Å²) in [5, 5.41) is 0. The van der Waals surface area contributed by atoms with E-state index >= 15 is 0 Å². The van der Waals surface area contributed by atoms with Crippen LogP contribution in [-0.4, -0.2) is 35.9 Å². The van der Waals surface area contributed by atoms with Gasteiger partial charge in [0.2, 0.25) is 0 Å². The van der Waals surface area contributed by atoms with E-state index in [-0.39, 0.29) is 29.5 Å². The highest BCUT2D eigenvalue weighted by Crippen LogP contribution is 2.47. The monoisotopic (exact) mass is 418 g/mol. The first kappa shape index (κ1) is 19.5. The average molecular weight is 418 g/mol. The van der Waals surface area contributed by atoms with E-state index in [2.05, 4.69) is 4.98 Å². The zero-order valence-corrected chi connectivity index (χ0v) is 17.1. The van der Waals surface area contributed by atoms with Gasteiger partial charge in [-0.3, -0.25) is 14.5 Å². The summed E-state index contributed by atoms with van der Waals surface area (Å²) in [6, 6.07) is 11.4. The molecule has 3 unspecified atom stereocenters. The van der Waals surface area contributed by atoms with Gasteiger partial charge in [0.25, 0.3) is 5.91 Å². The second-order valence-corrected chi connectivity index (χ2v) is 8.03. The summed E-state index contributed by atoms with van der Waals surface area (Å²) in [6.45, 7) is 0. The van der Waals surface area contributed by atoms with Gasteiger partial charge in [0.05, 0.1) is 30.2 Å². The van der Waals surface area contributed by atoms with E-state index < -0.39 is 12.0 Å². The van der Waals surface area contributed by atoms with Gasteiger partial charge in [0, 0.05) is 6.20 Å². The molecule has 3 aliphatic rings. The predicted octanol–water partition coefficient (Wildman–Crippen LogP) is 3.37. The maximum atomic E-state index is 13.6. The minimum absolute atomic E-state index is 0.0141. The first-order valence-electron chi connectivity index (χ1n) is 10.5. The molecule has 3 atom stereocenters. The lowest BCUT2D eigenvalue weighted by Crippen LogP contribution is -2.39. The van der Waals surface area contributed by atoms with Crippen LogP contribution in [0, 0.1) is 5.92 Å². The molecule has 7 heteroatoms. The van der Waals surface area contributed by atoms with E-state index in [0.29, 0.717) is 22.5 Å². The maximum absolute atomic E-state index is 13.6. The first-order valence-corrected chi connectivity index (χ1v) is 10.5. The molecule has 1 aromatic carbocycles. The number of carbonyl (C=O) groups excluding carboxylic acids is 3. The van der Waals surface area contributed by atoms with Crippen LogP contribution in [0.25, 0.3) is 0 Å². The number of hydrogen-bond acceptors (Lipinski definition) is 6. The van der Waals surface area contributed by atoms with Crippen LogP contribution in [0.1, 0.15) is 47.6 Å². The fourth-order valence-corrected chi connectivity index (χ4v) is 4.81. The molecule has 0 spiro atoms. The maximum Gasteiger partial charge on any atom is 0.337 e. The topological polar surface area (TPSA) is 85.8 Å². The van der Waals surface area contributed by atoms with Crippen LogP contribution in [-0.2, 0) is 19.1 Å². The quantitative estimate of drug-likeness (QED) is 0.711. The number of ketones is 1. The van der Waals surface area contributed by atoms with Crippen molar-refractivity contribution in [1.82, 2.24) is 4.98 Å². The van der Waals surface area contributed by atoms with Gasteiger partial charge < -0.3 is 9.47 Å². The SMILES string of the molecule is COC(=O)c1ccc(C2C3=C(OC4CCCCC4C3=O)C(=O)N2c2ccccn2)cc1. The van der Waals surface area contributed by atoms with Crippen molar-refractivity contribution in [2.24, 2.45) is 5.92 Å². The van der Waals surface area contributed by atoms with Crippen molar-refractivity contribution in [1.29, 1.82) is 0 Å². The molecule has 2 aliphatic heterocycles. The van der Waals surface area contributed by atoms with Crippen molar-refractivity contribution in [3.05, 3.63) is 71.1 Å². The van der Waals surface area contributed by atoms with E-state index in [1.165, 1.54) is 12.0 Å². The number of methoxy groups -OCH3 is 1. The van der Waals surface area contributed by atoms with Crippen LogP contribution in [0.5, 0.6) is 0 Å². The standard InChI is InChI=1S/C24H22N2O5/c1-30-24(29)15-11-9-14(10-12-15)20-19-21(27)16-6-2-3-7-17(16)31-22(19)23(28)26(20)18-8-4-5-13-25-18/h4-5,8-13,16-17,20H,2-3,6-7H2,1H3. The smallest absolute Gasteiger partial charge is 0.337 e. The lowest BCUT2D eigenvalue weighted by molar-refractivity contribution is -0.131. The summed E-state index contributed by atoms with van der Waals surface area (Å²) < 4.78 is 10.9. The molecule has 1 aliphatic carbocycles. The summed E-state index contributed by atoms with van der Waals surface area (Å²) >= 11 is 0. The lowest BCUT2D eigenvalue weighted by Gasteiger charge is -2.35. The Morgan fingerprint density at radius 3 is 2.58 bits per heavy atom. The van der Waals surface area contributed by atoms with Gasteiger partial charge >= 0.3 is 5.97 Å². The largest absolute Gasteiger partial charge is 0.483 e. The zero-order chi connectivity index (χ0) is 21.5. The van der Waals surface area contributed by atoms with E-state index in [9.17, 15) is 14.4 Å². The number of rotatable bonds is 3. The number of fused-ring (bicyclic) bond motifs is 1. The Labute approximate surface area is 179 Å². The zero-order valence-electron chi connectivity index (χ0n) is 17.1. The third-order valence-electron chi connectivity index (χ3n) is 6.31. The number of carbonyl (C=O) groups is 3. The summed E-state index contributed by atoms with van der Waals surface area (Å²) in [5.41, 5.74) is 1.50. The van der Waals surface area contributed by atoms with Crippen molar-refractivity contribution in [3.8, 4) is 0 Å². The van der Waals surface area contributed by atoms with Crippen LogP contribution >= 0.6 is 0 Å². The molecule has 7 nitrogen and oxygen atoms in total. The molecule has 0 N–H and O–H groups in total. The van der Waals surface area contributed by atoms with Gasteiger partial charge in [-0.25, -0.2) is 9.78 Å². The second kappa shape index (κ2) is 7.65. The molecule has 1 amide bonds. The number of nitrogens with zero attached hydrogens (tertiary/aromatic N) is 2. The molecule has 1 fully saturated rings. The predicted molar refractivity (Wildman–Crippen MR) is 111 cm³/mol. The minimum atomic E-state index is -0.653. The molecule has 0 saturated heterocycles.